The minimum absolute atomic E-state index is 0.192. The molecule has 0 spiro atoms. The molecule has 0 atom stereocenters. The fourth-order valence-electron chi connectivity index (χ4n) is 2.98. The molecule has 0 bridgehead atoms. The Balaban J connectivity index is 2.04. The summed E-state index contributed by atoms with van der Waals surface area (Å²) >= 11 is 0. The molecule has 1 heterocycles. The van der Waals surface area contributed by atoms with Crippen molar-refractivity contribution in [3.8, 4) is 11.4 Å². The van der Waals surface area contributed by atoms with Crippen LogP contribution in [0.15, 0.2) is 79.4 Å². The van der Waals surface area contributed by atoms with E-state index in [1.54, 1.807) is 12.1 Å². The fourth-order valence-corrected chi connectivity index (χ4v) is 2.98. The van der Waals surface area contributed by atoms with Gasteiger partial charge in [-0.05, 0) is 19.4 Å². The Morgan fingerprint density at radius 2 is 1.72 bits per heavy atom. The van der Waals surface area contributed by atoms with Crippen LogP contribution in [-0.4, -0.2) is 28.5 Å². The highest BCUT2D eigenvalue weighted by atomic mass is 16.1. The summed E-state index contributed by atoms with van der Waals surface area (Å²) < 4.78 is 0. The van der Waals surface area contributed by atoms with E-state index in [0.29, 0.717) is 24.6 Å². The van der Waals surface area contributed by atoms with Gasteiger partial charge in [0.1, 0.15) is 11.5 Å². The van der Waals surface area contributed by atoms with Gasteiger partial charge in [0.25, 0.3) is 5.91 Å². The molecule has 0 aliphatic rings. The van der Waals surface area contributed by atoms with Gasteiger partial charge in [-0.3, -0.25) is 4.79 Å². The second-order valence-electron chi connectivity index (χ2n) is 7.01. The predicted molar refractivity (Wildman–Crippen MR) is 118 cm³/mol. The number of carbonyl (C=O) groups excluding carboxylic acids is 1. The molecule has 0 saturated carbocycles. The average molecular weight is 386 g/mol. The molecule has 5 heteroatoms. The minimum atomic E-state index is -0.242. The van der Waals surface area contributed by atoms with Crippen LogP contribution in [0.2, 0.25) is 0 Å². The normalized spacial score (nSPS) is 10.6. The lowest BCUT2D eigenvalue weighted by molar-refractivity contribution is 0.0953. The van der Waals surface area contributed by atoms with Crippen molar-refractivity contribution in [3.05, 3.63) is 90.6 Å². The summed E-state index contributed by atoms with van der Waals surface area (Å²) in [6.45, 7) is 8.96. The molecule has 0 radical (unpaired) electrons. The van der Waals surface area contributed by atoms with Crippen LogP contribution in [0.25, 0.3) is 11.4 Å². The number of benzene rings is 2. The number of aromatic nitrogens is 2. The third-order valence-corrected chi connectivity index (χ3v) is 4.50. The van der Waals surface area contributed by atoms with Crippen LogP contribution in [0.3, 0.4) is 0 Å². The zero-order valence-electron chi connectivity index (χ0n) is 16.9. The number of hydrogen-bond acceptors (Lipinski definition) is 4. The molecular formula is C24H26N4O. The van der Waals surface area contributed by atoms with Gasteiger partial charge in [-0.15, -0.1) is 6.58 Å². The van der Waals surface area contributed by atoms with E-state index in [9.17, 15) is 4.79 Å². The highest BCUT2D eigenvalue weighted by molar-refractivity contribution is 5.93. The average Bonchev–Trinajstić information content (AvgIpc) is 2.76. The standard InChI is InChI=1S/C24H26N4O/c1-4-15-25-24(29)21-16-22(27-23(26-21)20-13-9-6-10-14-20)28(18(2)3)17-19-11-7-5-8-12-19/h4-14,16,18H,1,15,17H2,2-3H3,(H,25,29). The molecule has 5 nitrogen and oxygen atoms in total. The summed E-state index contributed by atoms with van der Waals surface area (Å²) in [6, 6.07) is 21.9. The van der Waals surface area contributed by atoms with Crippen LogP contribution in [0, 0.1) is 0 Å². The van der Waals surface area contributed by atoms with Crippen molar-refractivity contribution in [2.75, 3.05) is 11.4 Å². The number of nitrogens with one attached hydrogen (secondary N) is 1. The van der Waals surface area contributed by atoms with Gasteiger partial charge in [0.2, 0.25) is 0 Å². The van der Waals surface area contributed by atoms with Crippen LogP contribution in [0.4, 0.5) is 5.82 Å². The maximum Gasteiger partial charge on any atom is 0.270 e. The molecule has 0 aliphatic heterocycles. The van der Waals surface area contributed by atoms with Gasteiger partial charge in [0, 0.05) is 30.8 Å². The lowest BCUT2D eigenvalue weighted by atomic mass is 10.1. The van der Waals surface area contributed by atoms with Gasteiger partial charge >= 0.3 is 0 Å². The van der Waals surface area contributed by atoms with Crippen LogP contribution >= 0.6 is 0 Å². The summed E-state index contributed by atoms with van der Waals surface area (Å²) in [4.78, 5) is 24.1. The SMILES string of the molecule is C=CCNC(=O)c1cc(N(Cc2ccccc2)C(C)C)nc(-c2ccccc2)n1. The number of amides is 1. The third-order valence-electron chi connectivity index (χ3n) is 4.50. The van der Waals surface area contributed by atoms with E-state index in [-0.39, 0.29) is 11.9 Å². The summed E-state index contributed by atoms with van der Waals surface area (Å²) in [5.41, 5.74) is 2.39. The molecule has 3 aromatic rings. The molecule has 0 saturated heterocycles. The van der Waals surface area contributed by atoms with E-state index in [2.05, 4.69) is 47.8 Å². The Labute approximate surface area is 172 Å². The first kappa shape index (κ1) is 20.3. The molecule has 148 valence electrons. The number of anilines is 1. The minimum Gasteiger partial charge on any atom is -0.350 e. The summed E-state index contributed by atoms with van der Waals surface area (Å²) in [5, 5.41) is 2.81. The van der Waals surface area contributed by atoms with Crippen LogP contribution in [-0.2, 0) is 6.54 Å². The Bertz CT molecular complexity index is 955. The topological polar surface area (TPSA) is 58.1 Å². The molecule has 0 aliphatic carbocycles. The summed E-state index contributed by atoms with van der Waals surface area (Å²) in [6.07, 6.45) is 1.65. The Hall–Kier alpha value is -3.47. The van der Waals surface area contributed by atoms with E-state index in [4.69, 9.17) is 4.98 Å². The highest BCUT2D eigenvalue weighted by Gasteiger charge is 2.18. The van der Waals surface area contributed by atoms with Crippen molar-refractivity contribution < 1.29 is 4.79 Å². The van der Waals surface area contributed by atoms with E-state index < -0.39 is 0 Å². The molecule has 0 fully saturated rings. The van der Waals surface area contributed by atoms with Crippen molar-refractivity contribution >= 4 is 11.7 Å². The number of nitrogens with zero attached hydrogens (tertiary/aromatic N) is 3. The van der Waals surface area contributed by atoms with E-state index >= 15 is 0 Å². The Kier molecular flexibility index (Phi) is 6.74. The van der Waals surface area contributed by atoms with Crippen molar-refractivity contribution in [2.45, 2.75) is 26.4 Å². The molecular weight excluding hydrogens is 360 g/mol. The first-order valence-electron chi connectivity index (χ1n) is 9.72. The molecule has 0 unspecified atom stereocenters. The number of rotatable bonds is 8. The van der Waals surface area contributed by atoms with Gasteiger partial charge in [-0.2, -0.15) is 0 Å². The van der Waals surface area contributed by atoms with E-state index in [1.807, 2.05) is 48.5 Å². The van der Waals surface area contributed by atoms with Crippen molar-refractivity contribution in [3.63, 3.8) is 0 Å². The zero-order chi connectivity index (χ0) is 20.6. The lowest BCUT2D eigenvalue weighted by Crippen LogP contribution is -2.32. The first-order valence-corrected chi connectivity index (χ1v) is 9.72. The molecule has 2 aromatic carbocycles. The Morgan fingerprint density at radius 3 is 2.34 bits per heavy atom. The zero-order valence-corrected chi connectivity index (χ0v) is 16.9. The van der Waals surface area contributed by atoms with Crippen molar-refractivity contribution in [2.24, 2.45) is 0 Å². The van der Waals surface area contributed by atoms with Crippen LogP contribution in [0.5, 0.6) is 0 Å². The maximum absolute atomic E-state index is 12.6. The second-order valence-corrected chi connectivity index (χ2v) is 7.01. The molecule has 1 aromatic heterocycles. The van der Waals surface area contributed by atoms with Crippen molar-refractivity contribution in [1.82, 2.24) is 15.3 Å². The van der Waals surface area contributed by atoms with E-state index in [1.165, 1.54) is 5.56 Å². The van der Waals surface area contributed by atoms with Crippen LogP contribution < -0.4 is 10.2 Å². The monoisotopic (exact) mass is 386 g/mol. The lowest BCUT2D eigenvalue weighted by Gasteiger charge is -2.28. The van der Waals surface area contributed by atoms with Gasteiger partial charge < -0.3 is 10.2 Å². The van der Waals surface area contributed by atoms with Crippen LogP contribution in [0.1, 0.15) is 29.9 Å². The van der Waals surface area contributed by atoms with Gasteiger partial charge in [-0.25, -0.2) is 9.97 Å². The molecule has 1 N–H and O–H groups in total. The molecule has 1 amide bonds. The number of hydrogen-bond donors (Lipinski definition) is 1. The highest BCUT2D eigenvalue weighted by Crippen LogP contribution is 2.23. The largest absolute Gasteiger partial charge is 0.350 e. The number of carbonyl (C=O) groups is 1. The second kappa shape index (κ2) is 9.64. The molecule has 29 heavy (non-hydrogen) atoms. The first-order chi connectivity index (χ1) is 14.1. The Morgan fingerprint density at radius 1 is 1.07 bits per heavy atom. The van der Waals surface area contributed by atoms with E-state index in [0.717, 1.165) is 11.4 Å². The smallest absolute Gasteiger partial charge is 0.270 e. The molecule has 3 rings (SSSR count). The van der Waals surface area contributed by atoms with Crippen molar-refractivity contribution in [1.29, 1.82) is 0 Å². The predicted octanol–water partition coefficient (Wildman–Crippen LogP) is 4.47. The van der Waals surface area contributed by atoms with Gasteiger partial charge in [0.15, 0.2) is 5.82 Å². The fraction of sp³-hybridized carbons (Fsp3) is 0.208. The maximum atomic E-state index is 12.6. The van der Waals surface area contributed by atoms with Gasteiger partial charge in [0.05, 0.1) is 0 Å². The quantitative estimate of drug-likeness (QED) is 0.580. The summed E-state index contributed by atoms with van der Waals surface area (Å²) in [7, 11) is 0. The van der Waals surface area contributed by atoms with Gasteiger partial charge in [-0.1, -0.05) is 66.7 Å². The summed E-state index contributed by atoms with van der Waals surface area (Å²) in [5.74, 6) is 1.01. The third kappa shape index (κ3) is 5.29.